The predicted octanol–water partition coefficient (Wildman–Crippen LogP) is 3.67. The van der Waals surface area contributed by atoms with E-state index in [1.807, 2.05) is 6.07 Å². The molecular weight excluding hydrogens is 368 g/mol. The zero-order chi connectivity index (χ0) is 20.1. The Kier molecular flexibility index (Phi) is 6.10. The van der Waals surface area contributed by atoms with Gasteiger partial charge in [0.1, 0.15) is 0 Å². The number of aromatic amines is 1. The van der Waals surface area contributed by atoms with Crippen LogP contribution < -0.4 is 11.1 Å². The van der Waals surface area contributed by atoms with E-state index in [1.165, 1.54) is 5.56 Å². The van der Waals surface area contributed by atoms with E-state index in [-0.39, 0.29) is 5.91 Å². The highest BCUT2D eigenvalue weighted by Crippen LogP contribution is 2.26. The van der Waals surface area contributed by atoms with Gasteiger partial charge in [0.2, 0.25) is 0 Å². The van der Waals surface area contributed by atoms with Crippen molar-refractivity contribution in [2.24, 2.45) is 5.92 Å². The Bertz CT molecular complexity index is 1000. The predicted molar refractivity (Wildman–Crippen MR) is 111 cm³/mol. The molecule has 6 heteroatoms. The van der Waals surface area contributed by atoms with Crippen LogP contribution >= 0.6 is 0 Å². The standard InChI is InChI=1S/C23H26N2O4/c26-22(18-8-11-20-21(14-18)29-23(27)25-20)24-15-17-6-9-19(10-7-17)28-13-12-16-4-2-1-3-5-16/h1-5,8,11,14,17,19H,6-7,9-10,12-13,15H2,(H,24,26)(H,25,27)/t17-,19+. The van der Waals surface area contributed by atoms with Crippen molar-refractivity contribution in [1.29, 1.82) is 0 Å². The van der Waals surface area contributed by atoms with Gasteiger partial charge in [0, 0.05) is 12.1 Å². The van der Waals surface area contributed by atoms with E-state index in [4.69, 9.17) is 9.15 Å². The molecule has 0 bridgehead atoms. The van der Waals surface area contributed by atoms with Gasteiger partial charge >= 0.3 is 5.76 Å². The van der Waals surface area contributed by atoms with Crippen LogP contribution in [-0.2, 0) is 11.2 Å². The number of H-pyrrole nitrogens is 1. The minimum atomic E-state index is -0.514. The monoisotopic (exact) mass is 394 g/mol. The number of hydrogen-bond acceptors (Lipinski definition) is 4. The van der Waals surface area contributed by atoms with E-state index in [1.54, 1.807) is 18.2 Å². The smallest absolute Gasteiger partial charge is 0.408 e. The average molecular weight is 394 g/mol. The molecule has 2 N–H and O–H groups in total. The summed E-state index contributed by atoms with van der Waals surface area (Å²) in [7, 11) is 0. The van der Waals surface area contributed by atoms with E-state index in [0.29, 0.717) is 35.2 Å². The maximum Gasteiger partial charge on any atom is 0.417 e. The second kappa shape index (κ2) is 9.09. The quantitative estimate of drug-likeness (QED) is 0.640. The summed E-state index contributed by atoms with van der Waals surface area (Å²) in [4.78, 5) is 26.2. The highest BCUT2D eigenvalue weighted by Gasteiger charge is 2.22. The fraction of sp³-hybridized carbons (Fsp3) is 0.391. The summed E-state index contributed by atoms with van der Waals surface area (Å²) in [5.74, 6) is -0.181. The summed E-state index contributed by atoms with van der Waals surface area (Å²) in [5, 5.41) is 3.01. The number of carbonyl (C=O) groups excluding carboxylic acids is 1. The molecule has 1 amide bonds. The topological polar surface area (TPSA) is 84.3 Å². The second-order valence-corrected chi connectivity index (χ2v) is 7.68. The molecule has 2 aromatic carbocycles. The summed E-state index contributed by atoms with van der Waals surface area (Å²) in [6.07, 6.45) is 5.46. The molecule has 0 unspecified atom stereocenters. The Labute approximate surface area is 169 Å². The van der Waals surface area contributed by atoms with Crippen molar-refractivity contribution in [3.05, 3.63) is 70.2 Å². The summed E-state index contributed by atoms with van der Waals surface area (Å²) < 4.78 is 11.1. The van der Waals surface area contributed by atoms with Crippen LogP contribution in [0.1, 0.15) is 41.6 Å². The lowest BCUT2D eigenvalue weighted by Crippen LogP contribution is -2.32. The van der Waals surface area contributed by atoms with E-state index < -0.39 is 5.76 Å². The van der Waals surface area contributed by atoms with Crippen molar-refractivity contribution in [3.63, 3.8) is 0 Å². The van der Waals surface area contributed by atoms with Crippen molar-refractivity contribution in [1.82, 2.24) is 10.3 Å². The first-order valence-corrected chi connectivity index (χ1v) is 10.2. The maximum atomic E-state index is 12.4. The third kappa shape index (κ3) is 5.15. The number of aromatic nitrogens is 1. The van der Waals surface area contributed by atoms with E-state index >= 15 is 0 Å². The number of oxazole rings is 1. The van der Waals surface area contributed by atoms with Gasteiger partial charge in [-0.1, -0.05) is 30.3 Å². The maximum absolute atomic E-state index is 12.4. The van der Waals surface area contributed by atoms with Crippen LogP contribution in [0, 0.1) is 5.92 Å². The molecule has 0 radical (unpaired) electrons. The first-order chi connectivity index (χ1) is 14.2. The first-order valence-electron chi connectivity index (χ1n) is 10.2. The highest BCUT2D eigenvalue weighted by molar-refractivity contribution is 5.96. The van der Waals surface area contributed by atoms with E-state index in [9.17, 15) is 9.59 Å². The molecular formula is C23H26N2O4. The molecule has 3 aromatic rings. The molecule has 152 valence electrons. The van der Waals surface area contributed by atoms with Gasteiger partial charge in [-0.3, -0.25) is 9.78 Å². The normalized spacial score (nSPS) is 19.3. The van der Waals surface area contributed by atoms with Crippen molar-refractivity contribution in [2.45, 2.75) is 38.2 Å². The molecule has 0 saturated heterocycles. The summed E-state index contributed by atoms with van der Waals surface area (Å²) in [5.41, 5.74) is 2.80. The number of amides is 1. The zero-order valence-corrected chi connectivity index (χ0v) is 16.4. The molecule has 29 heavy (non-hydrogen) atoms. The Morgan fingerprint density at radius 3 is 2.69 bits per heavy atom. The molecule has 1 fully saturated rings. The molecule has 0 aliphatic heterocycles. The van der Waals surface area contributed by atoms with Crippen LogP contribution in [0.15, 0.2) is 57.7 Å². The van der Waals surface area contributed by atoms with Crippen molar-refractivity contribution in [3.8, 4) is 0 Å². The summed E-state index contributed by atoms with van der Waals surface area (Å²) in [6, 6.07) is 15.4. The van der Waals surface area contributed by atoms with Gasteiger partial charge < -0.3 is 14.5 Å². The van der Waals surface area contributed by atoms with Gasteiger partial charge in [-0.05, 0) is 61.8 Å². The lowest BCUT2D eigenvalue weighted by Gasteiger charge is -2.28. The van der Waals surface area contributed by atoms with Crippen molar-refractivity contribution >= 4 is 17.0 Å². The van der Waals surface area contributed by atoms with Crippen LogP contribution in [0.25, 0.3) is 11.1 Å². The Balaban J connectivity index is 1.18. The number of fused-ring (bicyclic) bond motifs is 1. The van der Waals surface area contributed by atoms with E-state index in [2.05, 4.69) is 34.6 Å². The third-order valence-corrected chi connectivity index (χ3v) is 5.62. The molecule has 1 aromatic heterocycles. The average Bonchev–Trinajstić information content (AvgIpc) is 3.13. The molecule has 1 heterocycles. The molecule has 0 atom stereocenters. The van der Waals surface area contributed by atoms with Crippen LogP contribution in [-0.4, -0.2) is 30.1 Å². The van der Waals surface area contributed by atoms with Crippen LogP contribution in [0.5, 0.6) is 0 Å². The minimum Gasteiger partial charge on any atom is -0.408 e. The molecule has 1 aliphatic carbocycles. The number of carbonyl (C=O) groups is 1. The first kappa shape index (κ1) is 19.5. The fourth-order valence-electron chi connectivity index (χ4n) is 3.92. The number of rotatable bonds is 7. The number of nitrogens with one attached hydrogen (secondary N) is 2. The van der Waals surface area contributed by atoms with Gasteiger partial charge in [0.25, 0.3) is 5.91 Å². The third-order valence-electron chi connectivity index (χ3n) is 5.62. The molecule has 0 spiro atoms. The van der Waals surface area contributed by atoms with Gasteiger partial charge in [-0.15, -0.1) is 0 Å². The van der Waals surface area contributed by atoms with Gasteiger partial charge in [-0.2, -0.15) is 0 Å². The molecule has 4 rings (SSSR count). The molecule has 1 aliphatic rings. The van der Waals surface area contributed by atoms with Crippen LogP contribution in [0.3, 0.4) is 0 Å². The van der Waals surface area contributed by atoms with Crippen molar-refractivity contribution in [2.75, 3.05) is 13.2 Å². The van der Waals surface area contributed by atoms with Crippen molar-refractivity contribution < 1.29 is 13.9 Å². The Hall–Kier alpha value is -2.86. The molecule has 6 nitrogen and oxygen atoms in total. The zero-order valence-electron chi connectivity index (χ0n) is 16.4. The van der Waals surface area contributed by atoms with Crippen LogP contribution in [0.2, 0.25) is 0 Å². The van der Waals surface area contributed by atoms with Gasteiger partial charge in [-0.25, -0.2) is 4.79 Å². The molecule has 1 saturated carbocycles. The van der Waals surface area contributed by atoms with Crippen LogP contribution in [0.4, 0.5) is 0 Å². The Morgan fingerprint density at radius 2 is 1.90 bits per heavy atom. The lowest BCUT2D eigenvalue weighted by atomic mass is 9.87. The number of ether oxygens (including phenoxy) is 1. The Morgan fingerprint density at radius 1 is 1.10 bits per heavy atom. The lowest BCUT2D eigenvalue weighted by molar-refractivity contribution is 0.0199. The highest BCUT2D eigenvalue weighted by atomic mass is 16.5. The largest absolute Gasteiger partial charge is 0.417 e. The number of benzene rings is 2. The fourth-order valence-corrected chi connectivity index (χ4v) is 3.92. The summed E-state index contributed by atoms with van der Waals surface area (Å²) in [6.45, 7) is 1.42. The second-order valence-electron chi connectivity index (χ2n) is 7.68. The van der Waals surface area contributed by atoms with Gasteiger partial charge in [0.15, 0.2) is 5.58 Å². The van der Waals surface area contributed by atoms with E-state index in [0.717, 1.165) is 38.7 Å². The SMILES string of the molecule is O=C(NC[C@H]1CC[C@@H](OCCc2ccccc2)CC1)c1ccc2[nH]c(=O)oc2c1. The minimum absolute atomic E-state index is 0.142. The van der Waals surface area contributed by atoms with Gasteiger partial charge in [0.05, 0.1) is 18.2 Å². The summed E-state index contributed by atoms with van der Waals surface area (Å²) >= 11 is 0. The number of hydrogen-bond donors (Lipinski definition) is 2.